The lowest BCUT2D eigenvalue weighted by molar-refractivity contribution is -0.128. The molecule has 2 aliphatic heterocycles. The molecule has 0 aromatic heterocycles. The summed E-state index contributed by atoms with van der Waals surface area (Å²) >= 11 is 0. The first-order valence-electron chi connectivity index (χ1n) is 5.37. The van der Waals surface area contributed by atoms with E-state index >= 15 is 0 Å². The van der Waals surface area contributed by atoms with Crippen LogP contribution in [-0.4, -0.2) is 49.7 Å². The lowest BCUT2D eigenvalue weighted by Crippen LogP contribution is -2.40. The monoisotopic (exact) mass is 198 g/mol. The van der Waals surface area contributed by atoms with Crippen LogP contribution in [0, 0.1) is 0 Å². The van der Waals surface area contributed by atoms with Gasteiger partial charge in [0.15, 0.2) is 0 Å². The highest BCUT2D eigenvalue weighted by molar-refractivity contribution is 5.83. The van der Waals surface area contributed by atoms with E-state index in [-0.39, 0.29) is 11.9 Å². The number of nitrogens with one attached hydrogen (secondary N) is 1. The zero-order valence-electron chi connectivity index (χ0n) is 8.66. The first-order chi connectivity index (χ1) is 6.77. The number of carbonyl (C=O) groups is 1. The quantitative estimate of drug-likeness (QED) is 0.693. The summed E-state index contributed by atoms with van der Waals surface area (Å²) < 4.78 is 5.49. The molecule has 0 radical (unpaired) electrons. The van der Waals surface area contributed by atoms with E-state index in [1.807, 2.05) is 7.05 Å². The fraction of sp³-hybridized carbons (Fsp3) is 0.900. The van der Waals surface area contributed by atoms with Crippen molar-refractivity contribution < 1.29 is 9.53 Å². The van der Waals surface area contributed by atoms with Crippen LogP contribution in [0.2, 0.25) is 0 Å². The Morgan fingerprint density at radius 2 is 2.43 bits per heavy atom. The third kappa shape index (κ3) is 2.07. The third-order valence-electron chi connectivity index (χ3n) is 3.04. The summed E-state index contributed by atoms with van der Waals surface area (Å²) in [7, 11) is 1.86. The van der Waals surface area contributed by atoms with E-state index in [9.17, 15) is 4.79 Å². The van der Waals surface area contributed by atoms with Crippen molar-refractivity contribution in [3.8, 4) is 0 Å². The van der Waals surface area contributed by atoms with Crippen molar-refractivity contribution in [3.63, 3.8) is 0 Å². The third-order valence-corrected chi connectivity index (χ3v) is 3.04. The van der Waals surface area contributed by atoms with Crippen LogP contribution in [0.5, 0.6) is 0 Å². The van der Waals surface area contributed by atoms with Gasteiger partial charge in [-0.3, -0.25) is 4.79 Å². The van der Waals surface area contributed by atoms with E-state index in [0.717, 1.165) is 39.0 Å². The Morgan fingerprint density at radius 3 is 3.00 bits per heavy atom. The van der Waals surface area contributed by atoms with Gasteiger partial charge in [-0.05, 0) is 19.3 Å². The number of amides is 1. The van der Waals surface area contributed by atoms with Crippen LogP contribution in [0.4, 0.5) is 0 Å². The Labute approximate surface area is 84.6 Å². The smallest absolute Gasteiger partial charge is 0.239 e. The SMILES string of the molecule is CN1CC[C@H](NC[C@H]2CCCO2)C1=O. The van der Waals surface area contributed by atoms with Crippen molar-refractivity contribution in [2.75, 3.05) is 26.7 Å². The van der Waals surface area contributed by atoms with E-state index in [1.165, 1.54) is 0 Å². The predicted octanol–water partition coefficient (Wildman–Crippen LogP) is -0.0143. The lowest BCUT2D eigenvalue weighted by atomic mass is 10.2. The highest BCUT2D eigenvalue weighted by Crippen LogP contribution is 2.13. The maximum atomic E-state index is 11.5. The number of ether oxygens (including phenoxy) is 1. The average Bonchev–Trinajstić information content (AvgIpc) is 2.77. The van der Waals surface area contributed by atoms with E-state index < -0.39 is 0 Å². The van der Waals surface area contributed by atoms with Crippen molar-refractivity contribution >= 4 is 5.91 Å². The van der Waals surface area contributed by atoms with Gasteiger partial charge in [-0.2, -0.15) is 0 Å². The van der Waals surface area contributed by atoms with Crippen molar-refractivity contribution in [2.24, 2.45) is 0 Å². The molecule has 2 heterocycles. The first kappa shape index (κ1) is 9.93. The number of likely N-dealkylation sites (N-methyl/N-ethyl adjacent to an activating group) is 1. The van der Waals surface area contributed by atoms with Gasteiger partial charge in [0.25, 0.3) is 0 Å². The first-order valence-corrected chi connectivity index (χ1v) is 5.37. The maximum absolute atomic E-state index is 11.5. The molecule has 80 valence electrons. The van der Waals surface area contributed by atoms with Crippen LogP contribution in [0.1, 0.15) is 19.3 Å². The highest BCUT2D eigenvalue weighted by atomic mass is 16.5. The summed E-state index contributed by atoms with van der Waals surface area (Å²) in [6, 6.07) is 0.0317. The second kappa shape index (κ2) is 4.28. The number of hydrogen-bond donors (Lipinski definition) is 1. The van der Waals surface area contributed by atoms with E-state index in [1.54, 1.807) is 4.90 Å². The van der Waals surface area contributed by atoms with Gasteiger partial charge in [-0.25, -0.2) is 0 Å². The van der Waals surface area contributed by atoms with Gasteiger partial charge in [-0.15, -0.1) is 0 Å². The molecule has 4 nitrogen and oxygen atoms in total. The molecule has 0 aliphatic carbocycles. The van der Waals surface area contributed by atoms with Crippen LogP contribution >= 0.6 is 0 Å². The van der Waals surface area contributed by atoms with Gasteiger partial charge >= 0.3 is 0 Å². The zero-order chi connectivity index (χ0) is 9.97. The van der Waals surface area contributed by atoms with Crippen LogP contribution in [-0.2, 0) is 9.53 Å². The second-order valence-electron chi connectivity index (χ2n) is 4.14. The molecule has 2 atom stereocenters. The average molecular weight is 198 g/mol. The van der Waals surface area contributed by atoms with Gasteiger partial charge in [-0.1, -0.05) is 0 Å². The van der Waals surface area contributed by atoms with Crippen LogP contribution in [0.25, 0.3) is 0 Å². The van der Waals surface area contributed by atoms with Gasteiger partial charge in [0, 0.05) is 26.7 Å². The Balaban J connectivity index is 1.72. The molecule has 2 aliphatic rings. The minimum atomic E-state index is 0.0317. The second-order valence-corrected chi connectivity index (χ2v) is 4.14. The summed E-state index contributed by atoms with van der Waals surface area (Å²) in [5, 5.41) is 3.29. The number of hydrogen-bond acceptors (Lipinski definition) is 3. The van der Waals surface area contributed by atoms with Crippen molar-refractivity contribution in [1.82, 2.24) is 10.2 Å². The number of carbonyl (C=O) groups excluding carboxylic acids is 1. The van der Waals surface area contributed by atoms with Gasteiger partial charge in [0.1, 0.15) is 0 Å². The molecular formula is C10H18N2O2. The number of nitrogens with zero attached hydrogens (tertiary/aromatic N) is 1. The largest absolute Gasteiger partial charge is 0.377 e. The van der Waals surface area contributed by atoms with Crippen molar-refractivity contribution in [1.29, 1.82) is 0 Å². The minimum absolute atomic E-state index is 0.0317. The van der Waals surface area contributed by atoms with E-state index in [4.69, 9.17) is 4.74 Å². The molecule has 0 bridgehead atoms. The van der Waals surface area contributed by atoms with Gasteiger partial charge in [0.2, 0.25) is 5.91 Å². The number of rotatable bonds is 3. The molecule has 0 spiro atoms. The Hall–Kier alpha value is -0.610. The summed E-state index contributed by atoms with van der Waals surface area (Å²) in [6.45, 7) is 2.58. The molecule has 1 N–H and O–H groups in total. The zero-order valence-corrected chi connectivity index (χ0v) is 8.66. The fourth-order valence-corrected chi connectivity index (χ4v) is 2.09. The van der Waals surface area contributed by atoms with Gasteiger partial charge in [0.05, 0.1) is 12.1 Å². The molecular weight excluding hydrogens is 180 g/mol. The Bertz CT molecular complexity index is 214. The molecule has 0 aromatic carbocycles. The summed E-state index contributed by atoms with van der Waals surface area (Å²) in [5.41, 5.74) is 0. The molecule has 2 saturated heterocycles. The standard InChI is InChI=1S/C10H18N2O2/c1-12-5-4-9(10(12)13)11-7-8-3-2-6-14-8/h8-9,11H,2-7H2,1H3/t8-,9+/m1/s1. The maximum Gasteiger partial charge on any atom is 0.239 e. The van der Waals surface area contributed by atoms with Crippen LogP contribution in [0.3, 0.4) is 0 Å². The molecule has 2 fully saturated rings. The van der Waals surface area contributed by atoms with E-state index in [2.05, 4.69) is 5.32 Å². The van der Waals surface area contributed by atoms with Gasteiger partial charge < -0.3 is 15.0 Å². The Kier molecular flexibility index (Phi) is 3.03. The highest BCUT2D eigenvalue weighted by Gasteiger charge is 2.29. The lowest BCUT2D eigenvalue weighted by Gasteiger charge is -2.15. The summed E-state index contributed by atoms with van der Waals surface area (Å²) in [5.74, 6) is 0.225. The Morgan fingerprint density at radius 1 is 1.57 bits per heavy atom. The molecule has 14 heavy (non-hydrogen) atoms. The fourth-order valence-electron chi connectivity index (χ4n) is 2.09. The van der Waals surface area contributed by atoms with Crippen molar-refractivity contribution in [2.45, 2.75) is 31.4 Å². The molecule has 0 unspecified atom stereocenters. The molecule has 2 rings (SSSR count). The number of likely N-dealkylation sites (tertiary alicyclic amines) is 1. The van der Waals surface area contributed by atoms with E-state index in [0.29, 0.717) is 6.10 Å². The molecule has 0 aromatic rings. The summed E-state index contributed by atoms with van der Waals surface area (Å²) in [6.07, 6.45) is 3.55. The molecule has 0 saturated carbocycles. The minimum Gasteiger partial charge on any atom is -0.377 e. The normalized spacial score (nSPS) is 32.9. The van der Waals surface area contributed by atoms with Crippen LogP contribution < -0.4 is 5.32 Å². The molecule has 4 heteroatoms. The summed E-state index contributed by atoms with van der Waals surface area (Å²) in [4.78, 5) is 13.3. The van der Waals surface area contributed by atoms with Crippen molar-refractivity contribution in [3.05, 3.63) is 0 Å². The molecule has 1 amide bonds. The van der Waals surface area contributed by atoms with Crippen LogP contribution in [0.15, 0.2) is 0 Å². The predicted molar refractivity (Wildman–Crippen MR) is 53.0 cm³/mol. The topological polar surface area (TPSA) is 41.6 Å².